The van der Waals surface area contributed by atoms with E-state index in [2.05, 4.69) is 10.1 Å². The Morgan fingerprint density at radius 1 is 1.39 bits per heavy atom. The van der Waals surface area contributed by atoms with Gasteiger partial charge in [0, 0.05) is 0 Å². The summed E-state index contributed by atoms with van der Waals surface area (Å²) < 4.78 is 46.3. The molecule has 0 radical (unpaired) electrons. The molecular weight excluding hydrogens is 375 g/mol. The van der Waals surface area contributed by atoms with Crippen LogP contribution in [0.1, 0.15) is 48.4 Å². The van der Waals surface area contributed by atoms with Crippen molar-refractivity contribution in [3.63, 3.8) is 0 Å². The fraction of sp³-hybridized carbons (Fsp3) is 0.421. The number of carbonyl (C=O) groups excluding carboxylic acids is 1. The van der Waals surface area contributed by atoms with Crippen LogP contribution >= 0.6 is 0 Å². The molecule has 0 bridgehead atoms. The molecule has 0 amide bonds. The Bertz CT molecular complexity index is 919. The van der Waals surface area contributed by atoms with Gasteiger partial charge in [-0.25, -0.2) is 14.5 Å². The molecule has 1 atom stereocenters. The third-order valence-electron chi connectivity index (χ3n) is 4.77. The van der Waals surface area contributed by atoms with E-state index in [0.29, 0.717) is 16.8 Å². The first-order chi connectivity index (χ1) is 13.3. The monoisotopic (exact) mass is 395 g/mol. The number of hydrogen-bond donors (Lipinski definition) is 1. The maximum absolute atomic E-state index is 13.7. The number of rotatable bonds is 5. The zero-order valence-corrected chi connectivity index (χ0v) is 15.5. The van der Waals surface area contributed by atoms with E-state index in [4.69, 9.17) is 4.74 Å². The molecule has 9 heteroatoms. The maximum atomic E-state index is 13.7. The molecule has 3 rings (SSSR count). The van der Waals surface area contributed by atoms with Gasteiger partial charge < -0.3 is 9.84 Å². The lowest BCUT2D eigenvalue weighted by atomic mass is 10.0. The van der Waals surface area contributed by atoms with Crippen LogP contribution in [0, 0.1) is 5.92 Å². The van der Waals surface area contributed by atoms with Crippen LogP contribution in [0.2, 0.25) is 0 Å². The number of aromatic nitrogens is 3. The molecule has 0 aliphatic heterocycles. The molecule has 0 saturated heterocycles. The quantitative estimate of drug-likeness (QED) is 0.783. The highest BCUT2D eigenvalue weighted by Gasteiger charge is 2.41. The number of aliphatic hydroxyl groups excluding tert-OH is 1. The van der Waals surface area contributed by atoms with Crippen molar-refractivity contribution < 1.29 is 27.8 Å². The van der Waals surface area contributed by atoms with E-state index in [1.54, 1.807) is 12.1 Å². The van der Waals surface area contributed by atoms with Crippen molar-refractivity contribution in [1.82, 2.24) is 14.8 Å². The van der Waals surface area contributed by atoms with Gasteiger partial charge in [0.25, 0.3) is 0 Å². The largest absolute Gasteiger partial charge is 0.462 e. The molecule has 1 unspecified atom stereocenters. The highest BCUT2D eigenvalue weighted by atomic mass is 19.4. The summed E-state index contributed by atoms with van der Waals surface area (Å²) >= 11 is 0. The summed E-state index contributed by atoms with van der Waals surface area (Å²) in [5.74, 6) is -0.965. The number of esters is 1. The van der Waals surface area contributed by atoms with Crippen molar-refractivity contribution in [2.75, 3.05) is 13.2 Å². The second-order valence-electron chi connectivity index (χ2n) is 6.52. The van der Waals surface area contributed by atoms with Crippen LogP contribution in [0.25, 0.3) is 11.4 Å². The number of hydrogen-bond acceptors (Lipinski definition) is 5. The average molecular weight is 395 g/mol. The third kappa shape index (κ3) is 3.66. The zero-order chi connectivity index (χ0) is 20.5. The summed E-state index contributed by atoms with van der Waals surface area (Å²) in [4.78, 5) is 16.2. The van der Waals surface area contributed by atoms with Gasteiger partial charge >= 0.3 is 12.1 Å². The maximum Gasteiger partial charge on any atom is 0.434 e. The molecule has 1 N–H and O–H groups in total. The first kappa shape index (κ1) is 20.1. The summed E-state index contributed by atoms with van der Waals surface area (Å²) in [6.07, 6.45) is -2.45. The van der Waals surface area contributed by atoms with E-state index in [9.17, 15) is 23.1 Å². The first-order valence-corrected chi connectivity index (χ1v) is 8.90. The zero-order valence-electron chi connectivity index (χ0n) is 15.5. The molecule has 6 nitrogen and oxygen atoms in total. The molecule has 0 fully saturated rings. The molecule has 150 valence electrons. The number of alkyl halides is 3. The van der Waals surface area contributed by atoms with Crippen LogP contribution in [0.4, 0.5) is 13.2 Å². The van der Waals surface area contributed by atoms with Crippen molar-refractivity contribution in [2.24, 2.45) is 5.92 Å². The Morgan fingerprint density at radius 3 is 2.79 bits per heavy atom. The summed E-state index contributed by atoms with van der Waals surface area (Å²) in [6.45, 7) is 3.33. The number of allylic oxidation sites excluding steroid dienone is 1. The minimum Gasteiger partial charge on any atom is -0.462 e. The van der Waals surface area contributed by atoms with Gasteiger partial charge in [0.15, 0.2) is 11.5 Å². The molecule has 28 heavy (non-hydrogen) atoms. The molecule has 1 aliphatic rings. The van der Waals surface area contributed by atoms with Crippen molar-refractivity contribution in [2.45, 2.75) is 32.9 Å². The van der Waals surface area contributed by atoms with Gasteiger partial charge in [0.05, 0.1) is 25.1 Å². The second kappa shape index (κ2) is 7.75. The van der Waals surface area contributed by atoms with Crippen molar-refractivity contribution >= 4 is 11.5 Å². The molecule has 2 aromatic heterocycles. The number of carbonyl (C=O) groups is 1. The molecular formula is C19H20F3N3O3. The Hall–Kier alpha value is -2.68. The average Bonchev–Trinajstić information content (AvgIpc) is 3.25. The Kier molecular flexibility index (Phi) is 5.55. The lowest BCUT2D eigenvalue weighted by Gasteiger charge is -2.13. The molecule has 0 saturated carbocycles. The van der Waals surface area contributed by atoms with Crippen molar-refractivity contribution in [3.05, 3.63) is 46.9 Å². The van der Waals surface area contributed by atoms with E-state index < -0.39 is 23.4 Å². The Balaban J connectivity index is 2.11. The molecule has 1 aliphatic carbocycles. The second-order valence-corrected chi connectivity index (χ2v) is 6.52. The van der Waals surface area contributed by atoms with Crippen LogP contribution in [0.3, 0.4) is 0 Å². The van der Waals surface area contributed by atoms with E-state index >= 15 is 0 Å². The Morgan fingerprint density at radius 2 is 2.14 bits per heavy atom. The number of halogens is 3. The fourth-order valence-corrected chi connectivity index (χ4v) is 3.40. The van der Waals surface area contributed by atoms with Crippen LogP contribution in [0.15, 0.2) is 30.0 Å². The van der Waals surface area contributed by atoms with E-state index in [1.165, 1.54) is 13.0 Å². The highest BCUT2D eigenvalue weighted by Crippen LogP contribution is 2.38. The van der Waals surface area contributed by atoms with Gasteiger partial charge in [0.1, 0.15) is 5.56 Å². The fourth-order valence-electron chi connectivity index (χ4n) is 3.40. The normalized spacial score (nSPS) is 17.3. The van der Waals surface area contributed by atoms with E-state index in [-0.39, 0.29) is 24.9 Å². The molecule has 2 heterocycles. The lowest BCUT2D eigenvalue weighted by molar-refractivity contribution is -0.143. The number of nitrogens with zero attached hydrogens (tertiary/aromatic N) is 3. The standard InChI is InChI=1S/C19H20F3N3O3/c1-3-28-18(27)13-9-23-25(17(13)19(20,21)22)16-6-4-5-15(24-16)12-8-7-11(2)14(12)10-26/h4-6,9,11,26H,3,7-8,10H2,1-2H3. The summed E-state index contributed by atoms with van der Waals surface area (Å²) in [7, 11) is 0. The van der Waals surface area contributed by atoms with Crippen LogP contribution in [-0.2, 0) is 10.9 Å². The Labute approximate surface area is 159 Å². The van der Waals surface area contributed by atoms with E-state index in [1.807, 2.05) is 6.92 Å². The molecule has 0 spiro atoms. The number of pyridine rings is 1. The van der Waals surface area contributed by atoms with Gasteiger partial charge in [-0.1, -0.05) is 13.0 Å². The van der Waals surface area contributed by atoms with Gasteiger partial charge in [-0.05, 0) is 49.0 Å². The topological polar surface area (TPSA) is 77.2 Å². The molecule has 0 aromatic carbocycles. The predicted octanol–water partition coefficient (Wildman–Crippen LogP) is 3.64. The highest BCUT2D eigenvalue weighted by molar-refractivity contribution is 5.90. The molecule has 2 aromatic rings. The van der Waals surface area contributed by atoms with Gasteiger partial charge in [-0.2, -0.15) is 18.3 Å². The van der Waals surface area contributed by atoms with Gasteiger partial charge in [-0.3, -0.25) is 0 Å². The van der Waals surface area contributed by atoms with Crippen LogP contribution in [-0.4, -0.2) is 39.1 Å². The SMILES string of the molecule is CCOC(=O)c1cnn(-c2cccc(C3=C(CO)C(C)CC3)n2)c1C(F)(F)F. The van der Waals surface area contributed by atoms with Crippen molar-refractivity contribution in [1.29, 1.82) is 0 Å². The van der Waals surface area contributed by atoms with E-state index in [0.717, 1.165) is 23.8 Å². The summed E-state index contributed by atoms with van der Waals surface area (Å²) in [6, 6.07) is 4.66. The van der Waals surface area contributed by atoms with Gasteiger partial charge in [0.2, 0.25) is 0 Å². The predicted molar refractivity (Wildman–Crippen MR) is 94.7 cm³/mol. The minimum atomic E-state index is -4.83. The van der Waals surface area contributed by atoms with Crippen LogP contribution < -0.4 is 0 Å². The summed E-state index contributed by atoms with van der Waals surface area (Å²) in [5.41, 5.74) is 0.279. The summed E-state index contributed by atoms with van der Waals surface area (Å²) in [5, 5.41) is 13.4. The number of ether oxygens (including phenoxy) is 1. The third-order valence-corrected chi connectivity index (χ3v) is 4.77. The van der Waals surface area contributed by atoms with Crippen LogP contribution in [0.5, 0.6) is 0 Å². The lowest BCUT2D eigenvalue weighted by Crippen LogP contribution is -2.19. The number of aliphatic hydroxyl groups is 1. The van der Waals surface area contributed by atoms with Crippen molar-refractivity contribution in [3.8, 4) is 5.82 Å². The first-order valence-electron chi connectivity index (χ1n) is 8.90. The minimum absolute atomic E-state index is 0.0503. The van der Waals surface area contributed by atoms with Gasteiger partial charge in [-0.15, -0.1) is 0 Å². The smallest absolute Gasteiger partial charge is 0.434 e.